The van der Waals surface area contributed by atoms with Crippen LogP contribution in [-0.2, 0) is 17.0 Å². The number of aryl methyl sites for hydroxylation is 2. The fraction of sp³-hybridized carbons (Fsp3) is 0.350. The molecule has 2 nitrogen and oxygen atoms in total. The number of carbonyl (C=O) groups is 1. The zero-order valence-corrected chi connectivity index (χ0v) is 15.0. The van der Waals surface area contributed by atoms with Gasteiger partial charge in [0.15, 0.2) is 0 Å². The van der Waals surface area contributed by atoms with Crippen molar-refractivity contribution in [3.8, 4) is 0 Å². The molecule has 0 saturated carbocycles. The summed E-state index contributed by atoms with van der Waals surface area (Å²) in [5, 5.41) is 3.07. The predicted molar refractivity (Wildman–Crippen MR) is 99.7 cm³/mol. The number of amides is 1. The fourth-order valence-electron chi connectivity index (χ4n) is 2.47. The Kier molecular flexibility index (Phi) is 6.72. The molecule has 0 unspecified atom stereocenters. The molecular formula is C20H25NOS. The van der Waals surface area contributed by atoms with E-state index in [-0.39, 0.29) is 11.9 Å². The largest absolute Gasteiger partial charge is 0.349 e. The molecule has 2 aromatic carbocycles. The van der Waals surface area contributed by atoms with Crippen LogP contribution >= 0.6 is 11.8 Å². The lowest BCUT2D eigenvalue weighted by Gasteiger charge is -2.14. The smallest absolute Gasteiger partial charge is 0.230 e. The zero-order valence-electron chi connectivity index (χ0n) is 14.1. The molecule has 23 heavy (non-hydrogen) atoms. The first-order chi connectivity index (χ1) is 11.1. The Labute approximate surface area is 143 Å². The summed E-state index contributed by atoms with van der Waals surface area (Å²) in [6.07, 6.45) is 1.04. The van der Waals surface area contributed by atoms with E-state index >= 15 is 0 Å². The first kappa shape index (κ1) is 17.6. The van der Waals surface area contributed by atoms with Gasteiger partial charge < -0.3 is 5.32 Å². The molecule has 1 atom stereocenters. The van der Waals surface area contributed by atoms with Crippen molar-refractivity contribution in [3.63, 3.8) is 0 Å². The van der Waals surface area contributed by atoms with Gasteiger partial charge in [-0.2, -0.15) is 0 Å². The van der Waals surface area contributed by atoms with Gasteiger partial charge in [-0.15, -0.1) is 11.8 Å². The molecule has 0 aromatic heterocycles. The van der Waals surface area contributed by atoms with Gasteiger partial charge in [-0.25, -0.2) is 0 Å². The van der Waals surface area contributed by atoms with E-state index in [9.17, 15) is 4.79 Å². The Hall–Kier alpha value is -1.74. The van der Waals surface area contributed by atoms with Gasteiger partial charge in [0.05, 0.1) is 11.8 Å². The summed E-state index contributed by atoms with van der Waals surface area (Å²) in [4.78, 5) is 12.1. The summed E-state index contributed by atoms with van der Waals surface area (Å²) in [6, 6.07) is 16.9. The van der Waals surface area contributed by atoms with Crippen LogP contribution in [0.5, 0.6) is 0 Å². The SMILES string of the molecule is CCc1ccc([C@@H](C)NC(=O)CSCc2cccc(C)c2)cc1. The third-order valence-electron chi connectivity index (χ3n) is 3.85. The van der Waals surface area contributed by atoms with E-state index in [4.69, 9.17) is 0 Å². The number of benzene rings is 2. The maximum absolute atomic E-state index is 12.1. The lowest BCUT2D eigenvalue weighted by atomic mass is 10.1. The van der Waals surface area contributed by atoms with Crippen molar-refractivity contribution in [1.82, 2.24) is 5.32 Å². The molecule has 0 fully saturated rings. The summed E-state index contributed by atoms with van der Waals surface area (Å²) >= 11 is 1.65. The zero-order chi connectivity index (χ0) is 16.7. The molecule has 1 N–H and O–H groups in total. The van der Waals surface area contributed by atoms with E-state index in [1.54, 1.807) is 11.8 Å². The molecule has 0 saturated heterocycles. The highest BCUT2D eigenvalue weighted by atomic mass is 32.2. The van der Waals surface area contributed by atoms with Crippen LogP contribution < -0.4 is 5.32 Å². The predicted octanol–water partition coefficient (Wildman–Crippen LogP) is 4.67. The summed E-state index contributed by atoms with van der Waals surface area (Å²) in [5.41, 5.74) is 5.00. The first-order valence-electron chi connectivity index (χ1n) is 8.10. The molecule has 0 aliphatic heterocycles. The Bertz CT molecular complexity index is 636. The van der Waals surface area contributed by atoms with Crippen molar-refractivity contribution >= 4 is 17.7 Å². The molecule has 0 heterocycles. The van der Waals surface area contributed by atoms with Gasteiger partial charge in [-0.3, -0.25) is 4.79 Å². The number of hydrogen-bond acceptors (Lipinski definition) is 2. The van der Waals surface area contributed by atoms with Gasteiger partial charge in [0, 0.05) is 5.75 Å². The van der Waals surface area contributed by atoms with E-state index in [1.807, 2.05) is 6.92 Å². The van der Waals surface area contributed by atoms with E-state index in [1.165, 1.54) is 16.7 Å². The third-order valence-corrected chi connectivity index (χ3v) is 4.85. The minimum atomic E-state index is 0.0491. The lowest BCUT2D eigenvalue weighted by Crippen LogP contribution is -2.28. The number of hydrogen-bond donors (Lipinski definition) is 1. The number of carbonyl (C=O) groups excluding carboxylic acids is 1. The van der Waals surface area contributed by atoms with Crippen LogP contribution in [-0.4, -0.2) is 11.7 Å². The van der Waals surface area contributed by atoms with Crippen LogP contribution in [0.25, 0.3) is 0 Å². The summed E-state index contributed by atoms with van der Waals surface area (Å²) < 4.78 is 0. The van der Waals surface area contributed by atoms with Gasteiger partial charge >= 0.3 is 0 Å². The van der Waals surface area contributed by atoms with E-state index in [2.05, 4.69) is 67.7 Å². The van der Waals surface area contributed by atoms with Gasteiger partial charge in [-0.1, -0.05) is 61.0 Å². The summed E-state index contributed by atoms with van der Waals surface area (Å²) in [7, 11) is 0. The number of thioether (sulfide) groups is 1. The molecule has 0 spiro atoms. The standard InChI is InChI=1S/C20H25NOS/c1-4-17-8-10-19(11-9-17)16(3)21-20(22)14-23-13-18-7-5-6-15(2)12-18/h5-12,16H,4,13-14H2,1-3H3,(H,21,22)/t16-/m1/s1. The Morgan fingerprint density at radius 3 is 2.52 bits per heavy atom. The fourth-order valence-corrected chi connectivity index (χ4v) is 3.26. The Balaban J connectivity index is 1.77. The van der Waals surface area contributed by atoms with E-state index in [0.717, 1.165) is 17.7 Å². The van der Waals surface area contributed by atoms with Crippen molar-refractivity contribution in [2.75, 3.05) is 5.75 Å². The average Bonchev–Trinajstić information content (AvgIpc) is 2.55. The summed E-state index contributed by atoms with van der Waals surface area (Å²) in [6.45, 7) is 6.27. The topological polar surface area (TPSA) is 29.1 Å². The molecule has 0 bridgehead atoms. The maximum atomic E-state index is 12.1. The highest BCUT2D eigenvalue weighted by molar-refractivity contribution is 7.99. The molecule has 1 amide bonds. The van der Waals surface area contributed by atoms with Crippen LogP contribution in [0.4, 0.5) is 0 Å². The average molecular weight is 327 g/mol. The quantitative estimate of drug-likeness (QED) is 0.801. The number of nitrogens with one attached hydrogen (secondary N) is 1. The minimum absolute atomic E-state index is 0.0491. The molecule has 0 radical (unpaired) electrons. The van der Waals surface area contributed by atoms with E-state index < -0.39 is 0 Å². The van der Waals surface area contributed by atoms with Crippen molar-refractivity contribution in [2.24, 2.45) is 0 Å². The van der Waals surface area contributed by atoms with Crippen molar-refractivity contribution in [3.05, 3.63) is 70.8 Å². The molecule has 2 aromatic rings. The van der Waals surface area contributed by atoms with Gasteiger partial charge in [0.1, 0.15) is 0 Å². The van der Waals surface area contributed by atoms with Gasteiger partial charge in [0.2, 0.25) is 5.91 Å². The van der Waals surface area contributed by atoms with Crippen LogP contribution in [0.15, 0.2) is 48.5 Å². The van der Waals surface area contributed by atoms with Crippen LogP contribution in [0, 0.1) is 6.92 Å². The lowest BCUT2D eigenvalue weighted by molar-refractivity contribution is -0.119. The highest BCUT2D eigenvalue weighted by Crippen LogP contribution is 2.16. The highest BCUT2D eigenvalue weighted by Gasteiger charge is 2.09. The Morgan fingerprint density at radius 1 is 1.13 bits per heavy atom. The van der Waals surface area contributed by atoms with E-state index in [0.29, 0.717) is 5.75 Å². The molecular weight excluding hydrogens is 302 g/mol. The Morgan fingerprint density at radius 2 is 1.87 bits per heavy atom. The number of rotatable bonds is 7. The van der Waals surface area contributed by atoms with Crippen LogP contribution in [0.3, 0.4) is 0 Å². The molecule has 2 rings (SSSR count). The van der Waals surface area contributed by atoms with Crippen molar-refractivity contribution in [2.45, 2.75) is 39.0 Å². The third kappa shape index (κ3) is 5.76. The molecule has 0 aliphatic carbocycles. The van der Waals surface area contributed by atoms with Crippen LogP contribution in [0.2, 0.25) is 0 Å². The normalized spacial score (nSPS) is 12.0. The molecule has 0 aliphatic rings. The second-order valence-corrected chi connectivity index (χ2v) is 6.85. The van der Waals surface area contributed by atoms with Gasteiger partial charge in [-0.05, 0) is 37.0 Å². The summed E-state index contributed by atoms with van der Waals surface area (Å²) in [5.74, 6) is 1.45. The molecule has 122 valence electrons. The van der Waals surface area contributed by atoms with Crippen molar-refractivity contribution < 1.29 is 4.79 Å². The minimum Gasteiger partial charge on any atom is -0.349 e. The van der Waals surface area contributed by atoms with Gasteiger partial charge in [0.25, 0.3) is 0 Å². The second kappa shape index (κ2) is 8.78. The molecule has 3 heteroatoms. The second-order valence-electron chi connectivity index (χ2n) is 5.87. The van der Waals surface area contributed by atoms with Crippen molar-refractivity contribution in [1.29, 1.82) is 0 Å². The monoisotopic (exact) mass is 327 g/mol. The maximum Gasteiger partial charge on any atom is 0.230 e. The van der Waals surface area contributed by atoms with Crippen LogP contribution in [0.1, 0.15) is 42.1 Å². The first-order valence-corrected chi connectivity index (χ1v) is 9.25.